The fourth-order valence-electron chi connectivity index (χ4n) is 1.86. The van der Waals surface area contributed by atoms with E-state index in [0.29, 0.717) is 13.0 Å². The summed E-state index contributed by atoms with van der Waals surface area (Å²) in [5.74, 6) is -0.765. The monoisotopic (exact) mass is 298 g/mol. The van der Waals surface area contributed by atoms with E-state index in [4.69, 9.17) is 9.47 Å². The Labute approximate surface area is 124 Å². The van der Waals surface area contributed by atoms with E-state index in [1.807, 2.05) is 0 Å². The summed E-state index contributed by atoms with van der Waals surface area (Å²) in [7, 11) is 1.53. The smallest absolute Gasteiger partial charge is 0.407 e. The van der Waals surface area contributed by atoms with Crippen LogP contribution in [0.4, 0.5) is 4.79 Å². The fourth-order valence-corrected chi connectivity index (χ4v) is 1.86. The van der Waals surface area contributed by atoms with Crippen molar-refractivity contribution in [1.82, 2.24) is 10.2 Å². The Kier molecular flexibility index (Phi) is 5.90. The maximum Gasteiger partial charge on any atom is 0.407 e. The van der Waals surface area contributed by atoms with Crippen LogP contribution in [0.2, 0.25) is 0 Å². The first kappa shape index (κ1) is 17.2. The second-order valence-electron chi connectivity index (χ2n) is 5.70. The molecular weight excluding hydrogens is 276 g/mol. The number of imide groups is 1. The molecule has 1 N–H and O–H groups in total. The molecule has 0 bridgehead atoms. The Hall–Kier alpha value is -1.89. The topological polar surface area (TPSA) is 84.9 Å². The van der Waals surface area contributed by atoms with Crippen LogP contribution in [0.1, 0.15) is 27.2 Å². The van der Waals surface area contributed by atoms with Crippen LogP contribution in [0.3, 0.4) is 0 Å². The summed E-state index contributed by atoms with van der Waals surface area (Å²) < 4.78 is 10.1. The van der Waals surface area contributed by atoms with Gasteiger partial charge in [-0.3, -0.25) is 14.5 Å². The number of carbonyl (C=O) groups is 3. The van der Waals surface area contributed by atoms with E-state index >= 15 is 0 Å². The number of hydrogen-bond acceptors (Lipinski definition) is 5. The predicted octanol–water partition coefficient (Wildman–Crippen LogP) is 0.841. The second-order valence-corrected chi connectivity index (χ2v) is 5.70. The standard InChI is InChI=1S/C14H22N2O5/c1-14(2,3)21-13(19)15-9-10(7-8-20-4)16-11(17)5-6-12(16)18/h5-6,10H,7-9H2,1-4H3,(H,15,19)/t10-/m1/s1. The molecule has 0 aromatic heterocycles. The van der Waals surface area contributed by atoms with Gasteiger partial charge in [0.1, 0.15) is 5.60 Å². The number of nitrogens with zero attached hydrogens (tertiary/aromatic N) is 1. The Morgan fingerprint density at radius 3 is 2.33 bits per heavy atom. The highest BCUT2D eigenvalue weighted by molar-refractivity contribution is 6.13. The van der Waals surface area contributed by atoms with Crippen LogP contribution in [-0.4, -0.2) is 54.7 Å². The van der Waals surface area contributed by atoms with E-state index in [9.17, 15) is 14.4 Å². The zero-order valence-electron chi connectivity index (χ0n) is 12.8. The molecule has 0 unspecified atom stereocenters. The highest BCUT2D eigenvalue weighted by Crippen LogP contribution is 2.12. The Morgan fingerprint density at radius 2 is 1.86 bits per heavy atom. The first-order valence-corrected chi connectivity index (χ1v) is 6.75. The molecule has 0 aromatic rings. The van der Waals surface area contributed by atoms with E-state index in [0.717, 1.165) is 4.90 Å². The van der Waals surface area contributed by atoms with Gasteiger partial charge in [-0.1, -0.05) is 0 Å². The van der Waals surface area contributed by atoms with Crippen LogP contribution in [0, 0.1) is 0 Å². The van der Waals surface area contributed by atoms with Crippen molar-refractivity contribution < 1.29 is 23.9 Å². The van der Waals surface area contributed by atoms with Gasteiger partial charge in [-0.15, -0.1) is 0 Å². The maximum absolute atomic E-state index is 11.7. The minimum Gasteiger partial charge on any atom is -0.444 e. The summed E-state index contributed by atoms with van der Waals surface area (Å²) in [6.07, 6.45) is 2.29. The van der Waals surface area contributed by atoms with Crippen molar-refractivity contribution in [2.24, 2.45) is 0 Å². The van der Waals surface area contributed by atoms with Crippen molar-refractivity contribution in [3.05, 3.63) is 12.2 Å². The number of hydrogen-bond donors (Lipinski definition) is 1. The summed E-state index contributed by atoms with van der Waals surface area (Å²) in [5, 5.41) is 2.58. The molecule has 1 heterocycles. The summed E-state index contributed by atoms with van der Waals surface area (Å²) in [6, 6.07) is -0.465. The molecular formula is C14H22N2O5. The number of amides is 3. The molecule has 0 saturated carbocycles. The maximum atomic E-state index is 11.7. The summed E-state index contributed by atoms with van der Waals surface area (Å²) >= 11 is 0. The highest BCUT2D eigenvalue weighted by Gasteiger charge is 2.31. The van der Waals surface area contributed by atoms with Crippen LogP contribution < -0.4 is 5.32 Å². The molecule has 7 nitrogen and oxygen atoms in total. The molecule has 0 radical (unpaired) electrons. The zero-order chi connectivity index (χ0) is 16.0. The fraction of sp³-hybridized carbons (Fsp3) is 0.643. The van der Waals surface area contributed by atoms with Gasteiger partial charge in [0.2, 0.25) is 0 Å². The molecule has 0 saturated heterocycles. The van der Waals surface area contributed by atoms with E-state index in [2.05, 4.69) is 5.32 Å². The molecule has 1 atom stereocenters. The zero-order valence-corrected chi connectivity index (χ0v) is 12.8. The average molecular weight is 298 g/mol. The van der Waals surface area contributed by atoms with E-state index in [1.165, 1.54) is 19.3 Å². The lowest BCUT2D eigenvalue weighted by atomic mass is 10.2. The first-order valence-electron chi connectivity index (χ1n) is 6.75. The van der Waals surface area contributed by atoms with Crippen molar-refractivity contribution in [1.29, 1.82) is 0 Å². The van der Waals surface area contributed by atoms with E-state index < -0.39 is 17.7 Å². The van der Waals surface area contributed by atoms with Crippen molar-refractivity contribution in [2.45, 2.75) is 38.8 Å². The quantitative estimate of drug-likeness (QED) is 0.735. The molecule has 1 rings (SSSR count). The lowest BCUT2D eigenvalue weighted by molar-refractivity contribution is -0.139. The molecule has 1 aliphatic rings. The van der Waals surface area contributed by atoms with Crippen molar-refractivity contribution >= 4 is 17.9 Å². The highest BCUT2D eigenvalue weighted by atomic mass is 16.6. The number of methoxy groups -OCH3 is 1. The van der Waals surface area contributed by atoms with Gasteiger partial charge >= 0.3 is 6.09 Å². The van der Waals surface area contributed by atoms with Gasteiger partial charge < -0.3 is 14.8 Å². The van der Waals surface area contributed by atoms with E-state index in [1.54, 1.807) is 20.8 Å². The molecule has 0 aliphatic carbocycles. The van der Waals surface area contributed by atoms with Gasteiger partial charge in [-0.25, -0.2) is 4.79 Å². The van der Waals surface area contributed by atoms with Crippen LogP contribution in [0.25, 0.3) is 0 Å². The Morgan fingerprint density at radius 1 is 1.29 bits per heavy atom. The third-order valence-corrected chi connectivity index (χ3v) is 2.74. The Balaban J connectivity index is 2.61. The molecule has 118 valence electrons. The van der Waals surface area contributed by atoms with Gasteiger partial charge in [0.15, 0.2) is 0 Å². The van der Waals surface area contributed by atoms with Crippen LogP contribution in [0.15, 0.2) is 12.2 Å². The number of ether oxygens (including phenoxy) is 2. The molecule has 7 heteroatoms. The van der Waals surface area contributed by atoms with Crippen molar-refractivity contribution in [2.75, 3.05) is 20.3 Å². The van der Waals surface area contributed by atoms with Gasteiger partial charge in [-0.05, 0) is 27.2 Å². The van der Waals surface area contributed by atoms with Crippen molar-refractivity contribution in [3.63, 3.8) is 0 Å². The normalized spacial score (nSPS) is 16.3. The third kappa shape index (κ3) is 5.55. The number of carbonyl (C=O) groups excluding carboxylic acids is 3. The minimum absolute atomic E-state index is 0.122. The van der Waals surface area contributed by atoms with Gasteiger partial charge in [0.25, 0.3) is 11.8 Å². The summed E-state index contributed by atoms with van der Waals surface area (Å²) in [4.78, 5) is 36.2. The largest absolute Gasteiger partial charge is 0.444 e. The molecule has 0 aromatic carbocycles. The van der Waals surface area contributed by atoms with E-state index in [-0.39, 0.29) is 18.4 Å². The first-order chi connectivity index (χ1) is 9.74. The van der Waals surface area contributed by atoms with Gasteiger partial charge in [0, 0.05) is 32.4 Å². The van der Waals surface area contributed by atoms with Crippen LogP contribution >= 0.6 is 0 Å². The third-order valence-electron chi connectivity index (χ3n) is 2.74. The van der Waals surface area contributed by atoms with Gasteiger partial charge in [-0.2, -0.15) is 0 Å². The predicted molar refractivity (Wildman–Crippen MR) is 75.5 cm³/mol. The van der Waals surface area contributed by atoms with Crippen molar-refractivity contribution in [3.8, 4) is 0 Å². The van der Waals surface area contributed by atoms with Crippen LogP contribution in [0.5, 0.6) is 0 Å². The number of nitrogens with one attached hydrogen (secondary N) is 1. The van der Waals surface area contributed by atoms with Gasteiger partial charge in [0.05, 0.1) is 6.04 Å². The molecule has 21 heavy (non-hydrogen) atoms. The molecule has 0 fully saturated rings. The lowest BCUT2D eigenvalue weighted by Crippen LogP contribution is -2.48. The molecule has 3 amide bonds. The molecule has 1 aliphatic heterocycles. The number of rotatable bonds is 6. The van der Waals surface area contributed by atoms with Crippen LogP contribution in [-0.2, 0) is 19.1 Å². The Bertz CT molecular complexity index is 421. The summed E-state index contributed by atoms with van der Waals surface area (Å²) in [6.45, 7) is 5.76. The SMILES string of the molecule is COCC[C@H](CNC(=O)OC(C)(C)C)N1C(=O)C=CC1=O. The minimum atomic E-state index is -0.604. The lowest BCUT2D eigenvalue weighted by Gasteiger charge is -2.27. The molecule has 0 spiro atoms. The average Bonchev–Trinajstić information content (AvgIpc) is 2.68. The summed E-state index contributed by atoms with van der Waals surface area (Å²) in [5.41, 5.74) is -0.604. The second kappa shape index (κ2) is 7.21. The number of alkyl carbamates (subject to hydrolysis) is 1.